The number of aromatic nitrogens is 2. The second-order valence-corrected chi connectivity index (χ2v) is 5.70. The van der Waals surface area contributed by atoms with Gasteiger partial charge in [0.15, 0.2) is 5.69 Å². The van der Waals surface area contributed by atoms with Crippen LogP contribution in [0.3, 0.4) is 0 Å². The van der Waals surface area contributed by atoms with Crippen molar-refractivity contribution in [2.75, 3.05) is 32.6 Å². The van der Waals surface area contributed by atoms with Gasteiger partial charge in [-0.25, -0.2) is 14.8 Å². The van der Waals surface area contributed by atoms with Gasteiger partial charge >= 0.3 is 5.97 Å². The van der Waals surface area contributed by atoms with Gasteiger partial charge in [-0.05, 0) is 43.4 Å². The molecule has 0 aromatic carbocycles. The van der Waals surface area contributed by atoms with Crippen LogP contribution in [-0.4, -0.2) is 48.1 Å². The lowest BCUT2D eigenvalue weighted by Gasteiger charge is -2.24. The summed E-state index contributed by atoms with van der Waals surface area (Å²) in [5.41, 5.74) is 1.48. The molecule has 2 aromatic rings. The van der Waals surface area contributed by atoms with E-state index < -0.39 is 5.97 Å². The minimum Gasteiger partial charge on any atom is -0.461 e. The number of esters is 1. The number of ether oxygens (including phenoxy) is 1. The lowest BCUT2D eigenvalue weighted by molar-refractivity contribution is 0.0519. The fourth-order valence-corrected chi connectivity index (χ4v) is 2.70. The first-order valence-corrected chi connectivity index (χ1v) is 7.97. The monoisotopic (exact) mass is 320 g/mol. The summed E-state index contributed by atoms with van der Waals surface area (Å²) in [6.45, 7) is 2.79. The van der Waals surface area contributed by atoms with E-state index in [9.17, 15) is 4.79 Å². The number of carbonyl (C=O) groups excluding carboxylic acids is 1. The Morgan fingerprint density at radius 2 is 2.23 bits per heavy atom. The van der Waals surface area contributed by atoms with Gasteiger partial charge < -0.3 is 15.0 Å². The van der Waals surface area contributed by atoms with Crippen LogP contribution in [0.4, 0.5) is 5.82 Å². The van der Waals surface area contributed by atoms with E-state index in [1.807, 2.05) is 14.1 Å². The molecule has 0 aliphatic carbocycles. The van der Waals surface area contributed by atoms with Crippen LogP contribution in [0.25, 0.3) is 0 Å². The van der Waals surface area contributed by atoms with Crippen molar-refractivity contribution in [3.8, 4) is 0 Å². The molecule has 7 heteroatoms. The SMILES string of the molecule is CCOC(=O)c1cnc(NCC(c2ccsc2)N(C)C)cn1. The van der Waals surface area contributed by atoms with Crippen molar-refractivity contribution in [3.05, 3.63) is 40.5 Å². The van der Waals surface area contributed by atoms with Crippen LogP contribution in [0, 0.1) is 0 Å². The van der Waals surface area contributed by atoms with E-state index in [-0.39, 0.29) is 11.7 Å². The van der Waals surface area contributed by atoms with Gasteiger partial charge in [0, 0.05) is 6.54 Å². The van der Waals surface area contributed by atoms with E-state index in [0.717, 1.165) is 0 Å². The highest BCUT2D eigenvalue weighted by Crippen LogP contribution is 2.21. The number of carbonyl (C=O) groups is 1. The summed E-state index contributed by atoms with van der Waals surface area (Å²) in [5, 5.41) is 7.46. The van der Waals surface area contributed by atoms with E-state index in [4.69, 9.17) is 4.74 Å². The van der Waals surface area contributed by atoms with Crippen LogP contribution < -0.4 is 5.32 Å². The lowest BCUT2D eigenvalue weighted by Crippen LogP contribution is -2.26. The zero-order valence-corrected chi connectivity index (χ0v) is 13.8. The van der Waals surface area contributed by atoms with Crippen LogP contribution in [0.2, 0.25) is 0 Å². The van der Waals surface area contributed by atoms with E-state index in [2.05, 4.69) is 37.0 Å². The third-order valence-corrected chi connectivity index (χ3v) is 3.87. The fourth-order valence-electron chi connectivity index (χ4n) is 1.99. The van der Waals surface area contributed by atoms with Crippen molar-refractivity contribution >= 4 is 23.1 Å². The standard InChI is InChI=1S/C15H20N4O2S/c1-4-21-15(20)12-7-17-14(9-16-12)18-8-13(19(2)3)11-5-6-22-10-11/h5-7,9-10,13H,4,8H2,1-3H3,(H,17,18). The summed E-state index contributed by atoms with van der Waals surface area (Å²) in [4.78, 5) is 21.9. The molecule has 22 heavy (non-hydrogen) atoms. The molecule has 1 atom stereocenters. The topological polar surface area (TPSA) is 67.3 Å². The van der Waals surface area contributed by atoms with Crippen molar-refractivity contribution in [2.24, 2.45) is 0 Å². The molecule has 0 saturated carbocycles. The number of hydrogen-bond donors (Lipinski definition) is 1. The summed E-state index contributed by atoms with van der Waals surface area (Å²) in [7, 11) is 4.08. The van der Waals surface area contributed by atoms with Crippen LogP contribution in [0.1, 0.15) is 29.0 Å². The van der Waals surface area contributed by atoms with Gasteiger partial charge in [0.05, 0.1) is 25.0 Å². The van der Waals surface area contributed by atoms with E-state index >= 15 is 0 Å². The molecule has 118 valence electrons. The summed E-state index contributed by atoms with van der Waals surface area (Å²) >= 11 is 1.68. The van der Waals surface area contributed by atoms with E-state index in [1.165, 1.54) is 11.8 Å². The first-order valence-electron chi connectivity index (χ1n) is 7.03. The molecule has 0 aliphatic heterocycles. The van der Waals surface area contributed by atoms with Crippen molar-refractivity contribution in [1.29, 1.82) is 0 Å². The minimum atomic E-state index is -0.453. The molecule has 2 aromatic heterocycles. The number of thiophene rings is 1. The first-order chi connectivity index (χ1) is 10.6. The van der Waals surface area contributed by atoms with Gasteiger partial charge in [-0.3, -0.25) is 0 Å². The first kappa shape index (κ1) is 16.4. The maximum Gasteiger partial charge on any atom is 0.358 e. The molecule has 0 bridgehead atoms. The Balaban J connectivity index is 1.97. The summed E-state index contributed by atoms with van der Waals surface area (Å²) in [6, 6.07) is 2.37. The molecular formula is C15H20N4O2S. The number of hydrogen-bond acceptors (Lipinski definition) is 7. The minimum absolute atomic E-state index is 0.217. The number of nitrogens with zero attached hydrogens (tertiary/aromatic N) is 3. The predicted octanol–water partition coefficient (Wildman–Crippen LogP) is 2.43. The van der Waals surface area contributed by atoms with Gasteiger partial charge in [0.2, 0.25) is 0 Å². The molecule has 1 N–H and O–H groups in total. The Morgan fingerprint density at radius 1 is 1.41 bits per heavy atom. The lowest BCUT2D eigenvalue weighted by atomic mass is 10.1. The molecule has 0 radical (unpaired) electrons. The third kappa shape index (κ3) is 4.25. The smallest absolute Gasteiger partial charge is 0.358 e. The zero-order valence-electron chi connectivity index (χ0n) is 12.9. The van der Waals surface area contributed by atoms with E-state index in [0.29, 0.717) is 19.0 Å². The van der Waals surface area contributed by atoms with Crippen LogP contribution in [0.5, 0.6) is 0 Å². The highest BCUT2D eigenvalue weighted by molar-refractivity contribution is 7.07. The number of nitrogens with one attached hydrogen (secondary N) is 1. The van der Waals surface area contributed by atoms with Crippen LogP contribution in [-0.2, 0) is 4.74 Å². The largest absolute Gasteiger partial charge is 0.461 e. The van der Waals surface area contributed by atoms with Gasteiger partial charge in [0.25, 0.3) is 0 Å². The van der Waals surface area contributed by atoms with Gasteiger partial charge in [-0.2, -0.15) is 11.3 Å². The Bertz CT molecular complexity index is 584. The maximum atomic E-state index is 11.5. The second-order valence-electron chi connectivity index (χ2n) is 4.92. The van der Waals surface area contributed by atoms with Gasteiger partial charge in [-0.1, -0.05) is 0 Å². The molecule has 0 aliphatic rings. The second kappa shape index (κ2) is 7.86. The fraction of sp³-hybridized carbons (Fsp3) is 0.400. The Hall–Kier alpha value is -1.99. The predicted molar refractivity (Wildman–Crippen MR) is 87.2 cm³/mol. The highest BCUT2D eigenvalue weighted by atomic mass is 32.1. The molecule has 0 spiro atoms. The number of rotatable bonds is 7. The van der Waals surface area contributed by atoms with Crippen LogP contribution >= 0.6 is 11.3 Å². The molecule has 0 fully saturated rings. The quantitative estimate of drug-likeness (QED) is 0.790. The van der Waals surface area contributed by atoms with E-state index in [1.54, 1.807) is 24.5 Å². The molecule has 2 rings (SSSR count). The van der Waals surface area contributed by atoms with Gasteiger partial charge in [0.1, 0.15) is 5.82 Å². The van der Waals surface area contributed by atoms with Crippen molar-refractivity contribution < 1.29 is 9.53 Å². The normalized spacial score (nSPS) is 12.2. The third-order valence-electron chi connectivity index (χ3n) is 3.16. The number of likely N-dealkylation sites (N-methyl/N-ethyl adjacent to an activating group) is 1. The average molecular weight is 320 g/mol. The Labute approximate surface area is 134 Å². The highest BCUT2D eigenvalue weighted by Gasteiger charge is 2.15. The van der Waals surface area contributed by atoms with Crippen molar-refractivity contribution in [3.63, 3.8) is 0 Å². The maximum absolute atomic E-state index is 11.5. The molecule has 6 nitrogen and oxygen atoms in total. The summed E-state index contributed by atoms with van der Waals surface area (Å²) in [6.07, 6.45) is 2.97. The number of anilines is 1. The summed E-state index contributed by atoms with van der Waals surface area (Å²) in [5.74, 6) is 0.182. The molecular weight excluding hydrogens is 300 g/mol. The van der Waals surface area contributed by atoms with Crippen molar-refractivity contribution in [1.82, 2.24) is 14.9 Å². The zero-order chi connectivity index (χ0) is 15.9. The molecule has 1 unspecified atom stereocenters. The molecule has 2 heterocycles. The van der Waals surface area contributed by atoms with Crippen molar-refractivity contribution in [2.45, 2.75) is 13.0 Å². The molecule has 0 amide bonds. The Morgan fingerprint density at radius 3 is 2.77 bits per heavy atom. The molecule has 0 saturated heterocycles. The Kier molecular flexibility index (Phi) is 5.85. The summed E-state index contributed by atoms with van der Waals surface area (Å²) < 4.78 is 4.88. The van der Waals surface area contributed by atoms with Gasteiger partial charge in [-0.15, -0.1) is 0 Å². The van der Waals surface area contributed by atoms with Crippen LogP contribution in [0.15, 0.2) is 29.2 Å². The average Bonchev–Trinajstić information content (AvgIpc) is 3.02.